The Morgan fingerprint density at radius 3 is 2.78 bits per heavy atom. The fourth-order valence-corrected chi connectivity index (χ4v) is 2.28. The second-order valence-corrected chi connectivity index (χ2v) is 4.40. The van der Waals surface area contributed by atoms with Gasteiger partial charge in [-0.1, -0.05) is 0 Å². The molecule has 0 fully saturated rings. The quantitative estimate of drug-likeness (QED) is 0.644. The first kappa shape index (κ1) is 10.8. The zero-order chi connectivity index (χ0) is 12.7. The molecule has 0 unspecified atom stereocenters. The summed E-state index contributed by atoms with van der Waals surface area (Å²) in [6.45, 7) is 2.06. The van der Waals surface area contributed by atoms with Crippen molar-refractivity contribution in [3.63, 3.8) is 0 Å². The van der Waals surface area contributed by atoms with Crippen molar-refractivity contribution >= 4 is 11.9 Å². The van der Waals surface area contributed by atoms with Crippen LogP contribution in [0.4, 0.5) is 0 Å². The molecule has 0 bridgehead atoms. The second kappa shape index (κ2) is 3.84. The van der Waals surface area contributed by atoms with Crippen LogP contribution in [0.5, 0.6) is 0 Å². The summed E-state index contributed by atoms with van der Waals surface area (Å²) in [7, 11) is 1.99. The number of aryl methyl sites for hydroxylation is 2. The molecule has 90 valence electrons. The maximum absolute atomic E-state index is 11.0. The minimum Gasteiger partial charge on any atom is -0.349 e. The fourth-order valence-electron chi connectivity index (χ4n) is 2.28. The Morgan fingerprint density at radius 2 is 2.11 bits per heavy atom. The summed E-state index contributed by atoms with van der Waals surface area (Å²) in [5, 5.41) is 0. The lowest BCUT2D eigenvalue weighted by molar-refractivity contribution is 0.112. The number of carbonyl (C=O) groups excluding carboxylic acids is 1. The van der Waals surface area contributed by atoms with E-state index in [4.69, 9.17) is 0 Å². The summed E-state index contributed by atoms with van der Waals surface area (Å²) in [4.78, 5) is 15.6. The summed E-state index contributed by atoms with van der Waals surface area (Å²) >= 11 is 0. The number of imidazole rings is 1. The number of pyridine rings is 1. The predicted molar refractivity (Wildman–Crippen MR) is 69.7 cm³/mol. The number of rotatable bonds is 2. The van der Waals surface area contributed by atoms with Crippen LogP contribution in [-0.2, 0) is 7.05 Å². The summed E-state index contributed by atoms with van der Waals surface area (Å²) in [6.07, 6.45) is 6.70. The smallest absolute Gasteiger partial charge is 0.153 e. The molecule has 0 amide bonds. The lowest BCUT2D eigenvalue weighted by Gasteiger charge is -2.00. The standard InChI is InChI=1S/C14H13N3O/c1-10-5-7-16(2)13(10)12-8-17-6-3-4-11(9-18)14(17)15-12/h3-9H,1-2H3. The number of aldehydes is 1. The topological polar surface area (TPSA) is 39.3 Å². The number of aromatic nitrogens is 3. The molecule has 4 nitrogen and oxygen atoms in total. The van der Waals surface area contributed by atoms with Crippen molar-refractivity contribution in [2.24, 2.45) is 7.05 Å². The lowest BCUT2D eigenvalue weighted by Crippen LogP contribution is -1.91. The molecule has 0 spiro atoms. The first-order valence-corrected chi connectivity index (χ1v) is 5.76. The third-order valence-electron chi connectivity index (χ3n) is 3.16. The van der Waals surface area contributed by atoms with Crippen molar-refractivity contribution in [1.29, 1.82) is 0 Å². The minimum atomic E-state index is 0.607. The molecule has 0 radical (unpaired) electrons. The van der Waals surface area contributed by atoms with Crippen LogP contribution < -0.4 is 0 Å². The van der Waals surface area contributed by atoms with Gasteiger partial charge in [0.05, 0.1) is 11.3 Å². The molecule has 4 heteroatoms. The number of carbonyl (C=O) groups is 1. The highest BCUT2D eigenvalue weighted by Crippen LogP contribution is 2.23. The number of fused-ring (bicyclic) bond motifs is 1. The van der Waals surface area contributed by atoms with Crippen LogP contribution in [0, 0.1) is 6.92 Å². The van der Waals surface area contributed by atoms with Gasteiger partial charge in [0.15, 0.2) is 6.29 Å². The van der Waals surface area contributed by atoms with Gasteiger partial charge in [-0.15, -0.1) is 0 Å². The van der Waals surface area contributed by atoms with Crippen molar-refractivity contribution in [3.05, 3.63) is 47.9 Å². The van der Waals surface area contributed by atoms with Gasteiger partial charge in [-0.05, 0) is 30.7 Å². The second-order valence-electron chi connectivity index (χ2n) is 4.40. The van der Waals surface area contributed by atoms with Gasteiger partial charge in [-0.3, -0.25) is 4.79 Å². The van der Waals surface area contributed by atoms with E-state index < -0.39 is 0 Å². The van der Waals surface area contributed by atoms with Crippen LogP contribution in [0.25, 0.3) is 17.0 Å². The first-order chi connectivity index (χ1) is 8.70. The van der Waals surface area contributed by atoms with Crippen molar-refractivity contribution in [2.45, 2.75) is 6.92 Å². The van der Waals surface area contributed by atoms with E-state index in [1.165, 1.54) is 5.56 Å². The third kappa shape index (κ3) is 1.46. The Bertz CT molecular complexity index is 717. The number of nitrogens with zero attached hydrogens (tertiary/aromatic N) is 3. The molecule has 0 saturated heterocycles. The third-order valence-corrected chi connectivity index (χ3v) is 3.16. The molecule has 3 aromatic rings. The Morgan fingerprint density at radius 1 is 1.28 bits per heavy atom. The Kier molecular flexibility index (Phi) is 2.30. The Labute approximate surface area is 105 Å². The van der Waals surface area contributed by atoms with Crippen molar-refractivity contribution in [3.8, 4) is 11.4 Å². The van der Waals surface area contributed by atoms with Gasteiger partial charge in [-0.2, -0.15) is 0 Å². The van der Waals surface area contributed by atoms with Gasteiger partial charge < -0.3 is 8.97 Å². The van der Waals surface area contributed by atoms with Gasteiger partial charge in [-0.25, -0.2) is 4.98 Å². The van der Waals surface area contributed by atoms with Crippen molar-refractivity contribution in [2.75, 3.05) is 0 Å². The molecule has 3 rings (SSSR count). The van der Waals surface area contributed by atoms with Crippen LogP contribution in [0.2, 0.25) is 0 Å². The van der Waals surface area contributed by atoms with E-state index in [0.717, 1.165) is 17.7 Å². The van der Waals surface area contributed by atoms with E-state index >= 15 is 0 Å². The minimum absolute atomic E-state index is 0.607. The zero-order valence-electron chi connectivity index (χ0n) is 10.3. The molecule has 0 atom stereocenters. The fraction of sp³-hybridized carbons (Fsp3) is 0.143. The van der Waals surface area contributed by atoms with E-state index in [2.05, 4.69) is 18.0 Å². The van der Waals surface area contributed by atoms with Gasteiger partial charge in [0, 0.05) is 25.6 Å². The molecule has 0 aliphatic rings. The van der Waals surface area contributed by atoms with Gasteiger partial charge in [0.25, 0.3) is 0 Å². The average molecular weight is 239 g/mol. The predicted octanol–water partition coefficient (Wildman–Crippen LogP) is 2.46. The van der Waals surface area contributed by atoms with Gasteiger partial charge >= 0.3 is 0 Å². The normalized spacial score (nSPS) is 11.0. The SMILES string of the molecule is Cc1ccn(C)c1-c1cn2cccc(C=O)c2n1. The molecule has 3 heterocycles. The Hall–Kier alpha value is -2.36. The molecule has 3 aromatic heterocycles. The van der Waals surface area contributed by atoms with E-state index in [0.29, 0.717) is 11.2 Å². The number of hydrogen-bond donors (Lipinski definition) is 0. The molecule has 0 aromatic carbocycles. The van der Waals surface area contributed by atoms with Gasteiger partial charge in [0.2, 0.25) is 0 Å². The maximum Gasteiger partial charge on any atom is 0.153 e. The van der Waals surface area contributed by atoms with Crippen molar-refractivity contribution < 1.29 is 4.79 Å². The summed E-state index contributed by atoms with van der Waals surface area (Å²) < 4.78 is 3.92. The van der Waals surface area contributed by atoms with Crippen molar-refractivity contribution in [1.82, 2.24) is 14.0 Å². The van der Waals surface area contributed by atoms with Gasteiger partial charge in [0.1, 0.15) is 11.3 Å². The van der Waals surface area contributed by atoms with E-state index in [9.17, 15) is 4.79 Å². The molecular formula is C14H13N3O. The highest BCUT2D eigenvalue weighted by molar-refractivity contribution is 5.85. The largest absolute Gasteiger partial charge is 0.349 e. The lowest BCUT2D eigenvalue weighted by atomic mass is 10.2. The Balaban J connectivity index is 2.29. The summed E-state index contributed by atoms with van der Waals surface area (Å²) in [6, 6.07) is 5.68. The monoisotopic (exact) mass is 239 g/mol. The van der Waals surface area contributed by atoms with Crippen LogP contribution in [0.15, 0.2) is 36.8 Å². The van der Waals surface area contributed by atoms with Crippen LogP contribution in [0.1, 0.15) is 15.9 Å². The molecule has 0 N–H and O–H groups in total. The maximum atomic E-state index is 11.0. The van der Waals surface area contributed by atoms with Crippen LogP contribution >= 0.6 is 0 Å². The zero-order valence-corrected chi connectivity index (χ0v) is 10.3. The number of hydrogen-bond acceptors (Lipinski definition) is 2. The van der Waals surface area contributed by atoms with Crippen LogP contribution in [-0.4, -0.2) is 20.2 Å². The highest BCUT2D eigenvalue weighted by atomic mass is 16.1. The summed E-state index contributed by atoms with van der Waals surface area (Å²) in [5.41, 5.74) is 4.44. The highest BCUT2D eigenvalue weighted by Gasteiger charge is 2.11. The average Bonchev–Trinajstić information content (AvgIpc) is 2.92. The molecule has 0 saturated carbocycles. The molecule has 18 heavy (non-hydrogen) atoms. The molecule has 0 aliphatic heterocycles. The first-order valence-electron chi connectivity index (χ1n) is 5.76. The molecule has 0 aliphatic carbocycles. The molecular weight excluding hydrogens is 226 g/mol. The van der Waals surface area contributed by atoms with E-state index in [-0.39, 0.29) is 0 Å². The van der Waals surface area contributed by atoms with Crippen LogP contribution in [0.3, 0.4) is 0 Å². The summed E-state index contributed by atoms with van der Waals surface area (Å²) in [5.74, 6) is 0. The van der Waals surface area contributed by atoms with E-state index in [1.54, 1.807) is 6.07 Å². The van der Waals surface area contributed by atoms with E-state index in [1.807, 2.05) is 40.7 Å².